The molecule has 1 amide bonds. The van der Waals surface area contributed by atoms with Gasteiger partial charge in [0, 0.05) is 32.7 Å². The van der Waals surface area contributed by atoms with Crippen LogP contribution in [0, 0.1) is 13.8 Å². The molecular formula is C18H22N4O. The second-order valence-electron chi connectivity index (χ2n) is 5.97. The molecule has 3 rings (SSSR count). The van der Waals surface area contributed by atoms with Crippen LogP contribution in [0.25, 0.3) is 0 Å². The summed E-state index contributed by atoms with van der Waals surface area (Å²) in [6.45, 7) is 7.97. The van der Waals surface area contributed by atoms with Gasteiger partial charge < -0.3 is 4.90 Å². The molecule has 0 spiro atoms. The van der Waals surface area contributed by atoms with E-state index in [0.717, 1.165) is 44.1 Å². The maximum Gasteiger partial charge on any atom is 0.257 e. The zero-order chi connectivity index (χ0) is 16.2. The van der Waals surface area contributed by atoms with Gasteiger partial charge in [0.25, 0.3) is 5.91 Å². The van der Waals surface area contributed by atoms with Crippen LogP contribution in [0.1, 0.15) is 27.3 Å². The molecule has 23 heavy (non-hydrogen) atoms. The molecule has 0 unspecified atom stereocenters. The second-order valence-corrected chi connectivity index (χ2v) is 5.97. The van der Waals surface area contributed by atoms with Gasteiger partial charge in [-0.15, -0.1) is 0 Å². The van der Waals surface area contributed by atoms with E-state index in [2.05, 4.69) is 39.1 Å². The number of aryl methyl sites for hydroxylation is 2. The summed E-state index contributed by atoms with van der Waals surface area (Å²) >= 11 is 0. The van der Waals surface area contributed by atoms with E-state index in [0.29, 0.717) is 5.56 Å². The number of nitrogens with zero attached hydrogens (tertiary/aromatic N) is 4. The number of benzene rings is 1. The van der Waals surface area contributed by atoms with Crippen molar-refractivity contribution in [2.75, 3.05) is 26.2 Å². The number of carbonyl (C=O) groups is 1. The molecule has 1 fully saturated rings. The lowest BCUT2D eigenvalue weighted by Crippen LogP contribution is -2.48. The van der Waals surface area contributed by atoms with Gasteiger partial charge in [-0.05, 0) is 19.4 Å². The standard InChI is InChI=1S/C18H22N4O/c1-14-17(15(2)20-13-19-14)18(23)22-10-8-21(9-11-22)12-16-6-4-3-5-7-16/h3-7,13H,8-12H2,1-2H3. The summed E-state index contributed by atoms with van der Waals surface area (Å²) < 4.78 is 0. The van der Waals surface area contributed by atoms with Crippen molar-refractivity contribution in [1.82, 2.24) is 19.8 Å². The second kappa shape index (κ2) is 6.87. The maximum atomic E-state index is 12.7. The van der Waals surface area contributed by atoms with Crippen LogP contribution in [0.3, 0.4) is 0 Å². The molecule has 0 aliphatic carbocycles. The van der Waals surface area contributed by atoms with Gasteiger partial charge in [0.2, 0.25) is 0 Å². The first-order valence-electron chi connectivity index (χ1n) is 7.99. The molecule has 1 aliphatic rings. The topological polar surface area (TPSA) is 49.3 Å². The minimum atomic E-state index is 0.0555. The molecule has 0 radical (unpaired) electrons. The van der Waals surface area contributed by atoms with Crippen molar-refractivity contribution < 1.29 is 4.79 Å². The molecule has 1 aromatic heterocycles. The third kappa shape index (κ3) is 3.56. The third-order valence-corrected chi connectivity index (χ3v) is 4.35. The van der Waals surface area contributed by atoms with Gasteiger partial charge in [-0.3, -0.25) is 9.69 Å². The van der Waals surface area contributed by atoms with Crippen molar-refractivity contribution in [3.05, 3.63) is 59.2 Å². The first-order valence-corrected chi connectivity index (χ1v) is 7.99. The number of hydrogen-bond donors (Lipinski definition) is 0. The fourth-order valence-electron chi connectivity index (χ4n) is 3.01. The Balaban J connectivity index is 1.62. The Morgan fingerprint density at radius 2 is 1.61 bits per heavy atom. The van der Waals surface area contributed by atoms with Gasteiger partial charge in [-0.25, -0.2) is 9.97 Å². The highest BCUT2D eigenvalue weighted by Crippen LogP contribution is 2.15. The van der Waals surface area contributed by atoms with E-state index in [9.17, 15) is 4.79 Å². The number of carbonyl (C=O) groups excluding carboxylic acids is 1. The van der Waals surface area contributed by atoms with E-state index in [1.165, 1.54) is 11.9 Å². The van der Waals surface area contributed by atoms with Gasteiger partial charge in [0.1, 0.15) is 6.33 Å². The molecule has 0 saturated carbocycles. The highest BCUT2D eigenvalue weighted by molar-refractivity contribution is 5.96. The Morgan fingerprint density at radius 3 is 2.22 bits per heavy atom. The molecule has 2 aromatic rings. The quantitative estimate of drug-likeness (QED) is 0.870. The average Bonchev–Trinajstić information content (AvgIpc) is 2.56. The largest absolute Gasteiger partial charge is 0.336 e. The lowest BCUT2D eigenvalue weighted by Gasteiger charge is -2.35. The van der Waals surface area contributed by atoms with Gasteiger partial charge in [-0.1, -0.05) is 30.3 Å². The SMILES string of the molecule is Cc1ncnc(C)c1C(=O)N1CCN(Cc2ccccc2)CC1. The molecular weight excluding hydrogens is 288 g/mol. The van der Waals surface area contributed by atoms with Crippen LogP contribution in [0.4, 0.5) is 0 Å². The van der Waals surface area contributed by atoms with Crippen molar-refractivity contribution >= 4 is 5.91 Å². The molecule has 1 saturated heterocycles. The van der Waals surface area contributed by atoms with Crippen LogP contribution < -0.4 is 0 Å². The van der Waals surface area contributed by atoms with Gasteiger partial charge in [-0.2, -0.15) is 0 Å². The highest BCUT2D eigenvalue weighted by Gasteiger charge is 2.25. The van der Waals surface area contributed by atoms with Crippen molar-refractivity contribution in [1.29, 1.82) is 0 Å². The predicted octanol–water partition coefficient (Wildman–Crippen LogP) is 2.05. The van der Waals surface area contributed by atoms with E-state index in [1.807, 2.05) is 24.8 Å². The van der Waals surface area contributed by atoms with Crippen molar-refractivity contribution in [3.8, 4) is 0 Å². The van der Waals surface area contributed by atoms with Crippen LogP contribution in [0.15, 0.2) is 36.7 Å². The monoisotopic (exact) mass is 310 g/mol. The number of aromatic nitrogens is 2. The predicted molar refractivity (Wildman–Crippen MR) is 89.1 cm³/mol. The minimum Gasteiger partial charge on any atom is -0.336 e. The molecule has 5 heteroatoms. The molecule has 0 atom stereocenters. The molecule has 0 N–H and O–H groups in total. The fraction of sp³-hybridized carbons (Fsp3) is 0.389. The van der Waals surface area contributed by atoms with Crippen LogP contribution in [-0.2, 0) is 6.54 Å². The Labute approximate surface area is 137 Å². The summed E-state index contributed by atoms with van der Waals surface area (Å²) in [5.74, 6) is 0.0555. The van der Waals surface area contributed by atoms with E-state index >= 15 is 0 Å². The maximum absolute atomic E-state index is 12.7. The Hall–Kier alpha value is -2.27. The number of hydrogen-bond acceptors (Lipinski definition) is 4. The van der Waals surface area contributed by atoms with Gasteiger partial charge in [0.15, 0.2) is 0 Å². The van der Waals surface area contributed by atoms with Crippen LogP contribution >= 0.6 is 0 Å². The normalized spacial score (nSPS) is 15.7. The molecule has 120 valence electrons. The summed E-state index contributed by atoms with van der Waals surface area (Å²) in [5.41, 5.74) is 3.49. The third-order valence-electron chi connectivity index (χ3n) is 4.35. The van der Waals surface area contributed by atoms with Crippen LogP contribution in [0.5, 0.6) is 0 Å². The van der Waals surface area contributed by atoms with Gasteiger partial charge in [0.05, 0.1) is 17.0 Å². The minimum absolute atomic E-state index is 0.0555. The lowest BCUT2D eigenvalue weighted by atomic mass is 10.1. The van der Waals surface area contributed by atoms with Gasteiger partial charge >= 0.3 is 0 Å². The van der Waals surface area contributed by atoms with Crippen molar-refractivity contribution in [2.24, 2.45) is 0 Å². The van der Waals surface area contributed by atoms with Crippen LogP contribution in [0.2, 0.25) is 0 Å². The number of piperazine rings is 1. The number of amides is 1. The Kier molecular flexibility index (Phi) is 4.67. The van der Waals surface area contributed by atoms with E-state index in [-0.39, 0.29) is 5.91 Å². The first kappa shape index (κ1) is 15.6. The van der Waals surface area contributed by atoms with E-state index < -0.39 is 0 Å². The van der Waals surface area contributed by atoms with E-state index in [1.54, 1.807) is 0 Å². The van der Waals surface area contributed by atoms with Crippen molar-refractivity contribution in [3.63, 3.8) is 0 Å². The molecule has 1 aliphatic heterocycles. The molecule has 5 nitrogen and oxygen atoms in total. The fourth-order valence-corrected chi connectivity index (χ4v) is 3.01. The summed E-state index contributed by atoms with van der Waals surface area (Å²) in [4.78, 5) is 25.4. The average molecular weight is 310 g/mol. The molecule has 0 bridgehead atoms. The zero-order valence-electron chi connectivity index (χ0n) is 13.7. The summed E-state index contributed by atoms with van der Waals surface area (Å²) in [6, 6.07) is 10.5. The lowest BCUT2D eigenvalue weighted by molar-refractivity contribution is 0.0626. The smallest absolute Gasteiger partial charge is 0.257 e. The highest BCUT2D eigenvalue weighted by atomic mass is 16.2. The first-order chi connectivity index (χ1) is 11.1. The molecule has 1 aromatic carbocycles. The Morgan fingerprint density at radius 1 is 1.00 bits per heavy atom. The van der Waals surface area contributed by atoms with E-state index in [4.69, 9.17) is 0 Å². The number of rotatable bonds is 3. The van der Waals surface area contributed by atoms with Crippen molar-refractivity contribution in [2.45, 2.75) is 20.4 Å². The van der Waals surface area contributed by atoms with Crippen LogP contribution in [-0.4, -0.2) is 51.9 Å². The summed E-state index contributed by atoms with van der Waals surface area (Å²) in [6.07, 6.45) is 1.51. The molecule has 2 heterocycles. The summed E-state index contributed by atoms with van der Waals surface area (Å²) in [5, 5.41) is 0. The zero-order valence-corrected chi connectivity index (χ0v) is 13.7. The Bertz CT molecular complexity index is 658. The summed E-state index contributed by atoms with van der Waals surface area (Å²) in [7, 11) is 0.